The van der Waals surface area contributed by atoms with Crippen LogP contribution in [0.5, 0.6) is 5.75 Å². The van der Waals surface area contributed by atoms with Crippen LogP contribution in [-0.4, -0.2) is 24.9 Å². The second-order valence-corrected chi connectivity index (χ2v) is 3.44. The number of ether oxygens (including phenoxy) is 2. The van der Waals surface area contributed by atoms with Crippen molar-refractivity contribution in [3.63, 3.8) is 0 Å². The molecule has 0 fully saturated rings. The number of nitrogens with zero attached hydrogens (tertiary/aromatic N) is 1. The van der Waals surface area contributed by atoms with Gasteiger partial charge in [0.15, 0.2) is 11.6 Å². The maximum Gasteiger partial charge on any atom is 0.370 e. The minimum atomic E-state index is -0.749. The Balaban J connectivity index is 2.71. The van der Waals surface area contributed by atoms with Crippen molar-refractivity contribution in [2.45, 2.75) is 6.92 Å². The van der Waals surface area contributed by atoms with Crippen LogP contribution in [-0.2, 0) is 9.53 Å². The van der Waals surface area contributed by atoms with E-state index >= 15 is 0 Å². The van der Waals surface area contributed by atoms with Crippen LogP contribution >= 0.6 is 11.6 Å². The fraction of sp³-hybridized carbons (Fsp3) is 0.273. The zero-order valence-electron chi connectivity index (χ0n) is 9.87. The van der Waals surface area contributed by atoms with Gasteiger partial charge >= 0.3 is 5.97 Å². The normalized spacial score (nSPS) is 11.0. The molecule has 0 saturated heterocycles. The number of hydrogen-bond donors (Lipinski definition) is 1. The summed E-state index contributed by atoms with van der Waals surface area (Å²) in [7, 11) is 1.36. The van der Waals surface area contributed by atoms with Crippen LogP contribution in [0.25, 0.3) is 0 Å². The Bertz CT molecular complexity index is 466. The first kappa shape index (κ1) is 14.2. The highest BCUT2D eigenvalue weighted by atomic mass is 35.5. The molecule has 0 radical (unpaired) electrons. The molecular formula is C11H12ClFN2O3. The summed E-state index contributed by atoms with van der Waals surface area (Å²) in [6.07, 6.45) is 0. The molecule has 1 rings (SSSR count). The van der Waals surface area contributed by atoms with E-state index in [1.165, 1.54) is 19.2 Å². The van der Waals surface area contributed by atoms with Gasteiger partial charge in [-0.05, 0) is 19.1 Å². The molecule has 0 aromatic heterocycles. The minimum Gasteiger partial charge on any atom is -0.494 e. The molecule has 1 aromatic carbocycles. The van der Waals surface area contributed by atoms with E-state index in [9.17, 15) is 9.18 Å². The molecule has 7 heteroatoms. The summed E-state index contributed by atoms with van der Waals surface area (Å²) in [6, 6.07) is 4.11. The Morgan fingerprint density at radius 1 is 1.56 bits per heavy atom. The summed E-state index contributed by atoms with van der Waals surface area (Å²) in [6.45, 7) is 1.84. The van der Waals surface area contributed by atoms with Gasteiger partial charge in [0.2, 0.25) is 5.17 Å². The Morgan fingerprint density at radius 3 is 2.83 bits per heavy atom. The number of esters is 1. The van der Waals surface area contributed by atoms with E-state index in [0.717, 1.165) is 6.07 Å². The molecule has 1 aromatic rings. The summed E-state index contributed by atoms with van der Waals surface area (Å²) in [5.41, 5.74) is 2.76. The fourth-order valence-corrected chi connectivity index (χ4v) is 1.18. The number of hydrogen-bond acceptors (Lipinski definition) is 5. The van der Waals surface area contributed by atoms with Crippen LogP contribution in [0, 0.1) is 5.82 Å². The van der Waals surface area contributed by atoms with Crippen molar-refractivity contribution < 1.29 is 18.7 Å². The second-order valence-electron chi connectivity index (χ2n) is 3.08. The third-order valence-corrected chi connectivity index (χ3v) is 2.12. The fourth-order valence-electron chi connectivity index (χ4n) is 1.09. The smallest absolute Gasteiger partial charge is 0.370 e. The van der Waals surface area contributed by atoms with Crippen LogP contribution in [0.3, 0.4) is 0 Å². The molecule has 1 N–H and O–H groups in total. The number of carbonyl (C=O) groups excluding carboxylic acids is 1. The van der Waals surface area contributed by atoms with Crippen molar-refractivity contribution >= 4 is 28.4 Å². The van der Waals surface area contributed by atoms with Crippen molar-refractivity contribution in [1.82, 2.24) is 0 Å². The lowest BCUT2D eigenvalue weighted by Gasteiger charge is -2.05. The lowest BCUT2D eigenvalue weighted by Crippen LogP contribution is -2.13. The summed E-state index contributed by atoms with van der Waals surface area (Å²) in [5.74, 6) is -1.19. The van der Waals surface area contributed by atoms with E-state index in [4.69, 9.17) is 16.3 Å². The quantitative estimate of drug-likeness (QED) is 0.509. The van der Waals surface area contributed by atoms with Gasteiger partial charge in [-0.15, -0.1) is 0 Å². The molecule has 0 aliphatic heterocycles. The molecule has 98 valence electrons. The van der Waals surface area contributed by atoms with Gasteiger partial charge in [0.25, 0.3) is 0 Å². The third-order valence-electron chi connectivity index (χ3n) is 1.88. The van der Waals surface area contributed by atoms with Crippen molar-refractivity contribution in [3.05, 3.63) is 24.0 Å². The van der Waals surface area contributed by atoms with Gasteiger partial charge in [-0.25, -0.2) is 9.18 Å². The average Bonchev–Trinajstić information content (AvgIpc) is 2.36. The number of halogens is 2. The van der Waals surface area contributed by atoms with Gasteiger partial charge in [-0.2, -0.15) is 5.10 Å². The lowest BCUT2D eigenvalue weighted by atomic mass is 10.3. The maximum absolute atomic E-state index is 13.3. The number of anilines is 1. The van der Waals surface area contributed by atoms with Gasteiger partial charge in [-0.3, -0.25) is 5.43 Å². The molecule has 0 aliphatic carbocycles. The summed E-state index contributed by atoms with van der Waals surface area (Å²) in [4.78, 5) is 11.1. The Hall–Kier alpha value is -1.82. The van der Waals surface area contributed by atoms with E-state index < -0.39 is 11.8 Å². The van der Waals surface area contributed by atoms with E-state index in [1.54, 1.807) is 6.92 Å². The predicted octanol–water partition coefficient (Wildman–Crippen LogP) is 2.36. The Kier molecular flexibility index (Phi) is 5.38. The zero-order valence-corrected chi connectivity index (χ0v) is 10.6. The number of nitrogens with one attached hydrogen (secondary N) is 1. The number of methoxy groups -OCH3 is 1. The number of benzene rings is 1. The van der Waals surface area contributed by atoms with Crippen LogP contribution in [0.2, 0.25) is 0 Å². The Morgan fingerprint density at radius 2 is 2.28 bits per heavy atom. The standard InChI is InChI=1S/C11H12ClFN2O3/c1-3-18-11(16)10(12)15-14-7-4-5-9(17-2)8(13)6-7/h4-6,14H,3H2,1-2H3/b15-10+. The molecular weight excluding hydrogens is 263 g/mol. The zero-order chi connectivity index (χ0) is 13.5. The maximum atomic E-state index is 13.3. The molecule has 18 heavy (non-hydrogen) atoms. The highest BCUT2D eigenvalue weighted by Gasteiger charge is 2.09. The monoisotopic (exact) mass is 274 g/mol. The van der Waals surface area contributed by atoms with Crippen LogP contribution in [0.1, 0.15) is 6.92 Å². The number of carbonyl (C=O) groups is 1. The first-order valence-electron chi connectivity index (χ1n) is 5.08. The number of hydrazone groups is 1. The van der Waals surface area contributed by atoms with E-state index in [-0.39, 0.29) is 17.5 Å². The molecule has 0 bridgehead atoms. The summed E-state index contributed by atoms with van der Waals surface area (Å²) >= 11 is 5.55. The van der Waals surface area contributed by atoms with Crippen molar-refractivity contribution in [2.75, 3.05) is 19.1 Å². The van der Waals surface area contributed by atoms with Crippen LogP contribution in [0.4, 0.5) is 10.1 Å². The van der Waals surface area contributed by atoms with Gasteiger partial charge in [0, 0.05) is 6.07 Å². The highest BCUT2D eigenvalue weighted by molar-refractivity contribution is 6.82. The lowest BCUT2D eigenvalue weighted by molar-refractivity contribution is -0.134. The van der Waals surface area contributed by atoms with Gasteiger partial charge in [-0.1, -0.05) is 11.6 Å². The molecule has 5 nitrogen and oxygen atoms in total. The topological polar surface area (TPSA) is 59.9 Å². The van der Waals surface area contributed by atoms with Crippen LogP contribution in [0.15, 0.2) is 23.3 Å². The van der Waals surface area contributed by atoms with Gasteiger partial charge in [0.1, 0.15) is 0 Å². The van der Waals surface area contributed by atoms with E-state index in [2.05, 4.69) is 15.3 Å². The van der Waals surface area contributed by atoms with Gasteiger partial charge in [0.05, 0.1) is 19.4 Å². The van der Waals surface area contributed by atoms with E-state index in [1.807, 2.05) is 0 Å². The van der Waals surface area contributed by atoms with Crippen molar-refractivity contribution in [1.29, 1.82) is 0 Å². The largest absolute Gasteiger partial charge is 0.494 e. The first-order chi connectivity index (χ1) is 8.58. The molecule has 0 unspecified atom stereocenters. The van der Waals surface area contributed by atoms with Gasteiger partial charge < -0.3 is 9.47 Å². The molecule has 0 atom stereocenters. The number of rotatable bonds is 5. The Labute approximate surface area is 109 Å². The SMILES string of the molecule is CCOC(=O)/C(Cl)=N\Nc1ccc(OC)c(F)c1. The molecule has 0 spiro atoms. The predicted molar refractivity (Wildman–Crippen MR) is 66.5 cm³/mol. The molecule has 0 heterocycles. The first-order valence-corrected chi connectivity index (χ1v) is 5.46. The molecule has 0 aliphatic rings. The summed E-state index contributed by atoms with van der Waals surface area (Å²) in [5, 5.41) is 3.19. The summed E-state index contributed by atoms with van der Waals surface area (Å²) < 4.78 is 22.7. The minimum absolute atomic E-state index is 0.112. The van der Waals surface area contributed by atoms with Crippen molar-refractivity contribution in [2.24, 2.45) is 5.10 Å². The molecule has 0 saturated carbocycles. The second kappa shape index (κ2) is 6.80. The van der Waals surface area contributed by atoms with E-state index in [0.29, 0.717) is 5.69 Å². The van der Waals surface area contributed by atoms with Crippen molar-refractivity contribution in [3.8, 4) is 5.75 Å². The highest BCUT2D eigenvalue weighted by Crippen LogP contribution is 2.20. The van der Waals surface area contributed by atoms with Crippen LogP contribution < -0.4 is 10.2 Å². The third kappa shape index (κ3) is 3.89. The molecule has 0 amide bonds. The average molecular weight is 275 g/mol.